The van der Waals surface area contributed by atoms with E-state index in [1.54, 1.807) is 0 Å². The van der Waals surface area contributed by atoms with Crippen LogP contribution in [0.3, 0.4) is 0 Å². The Morgan fingerprint density at radius 3 is 2.00 bits per heavy atom. The average Bonchev–Trinajstić information content (AvgIpc) is 1.88. The predicted molar refractivity (Wildman–Crippen MR) is 29.2 cm³/mol. The minimum Gasteiger partial charge on any atom is -0.396 e. The van der Waals surface area contributed by atoms with Crippen molar-refractivity contribution in [2.75, 3.05) is 6.61 Å². The van der Waals surface area contributed by atoms with Crippen molar-refractivity contribution < 1.29 is 5.11 Å². The molecular formula is C2H4N6O. The van der Waals surface area contributed by atoms with Gasteiger partial charge in [0.25, 0.3) is 0 Å². The number of aliphatic hydroxyl groups excluding tert-OH is 1. The number of hydrogen-bond donors (Lipinski definition) is 1. The third kappa shape index (κ3) is 3.19. The number of hydrogen-bond acceptors (Lipinski definition) is 3. The molecule has 0 aliphatic heterocycles. The molecule has 0 rings (SSSR count). The van der Waals surface area contributed by atoms with E-state index < -0.39 is 12.8 Å². The number of aliphatic hydroxyl groups is 1. The second-order valence-corrected chi connectivity index (χ2v) is 1.07. The highest BCUT2D eigenvalue weighted by Crippen LogP contribution is 1.91. The lowest BCUT2D eigenvalue weighted by atomic mass is 10.6. The number of azide groups is 1. The van der Waals surface area contributed by atoms with Crippen molar-refractivity contribution in [3.8, 4) is 0 Å². The van der Waals surface area contributed by atoms with E-state index in [-0.39, 0.29) is 0 Å². The molecule has 0 aromatic heterocycles. The molecule has 0 aromatic rings. The van der Waals surface area contributed by atoms with Crippen LogP contribution in [0, 0.1) is 0 Å². The van der Waals surface area contributed by atoms with Gasteiger partial charge in [-0.15, -0.1) is 0 Å². The molecule has 0 heterocycles. The maximum Gasteiger partial charge on any atom is 0.139 e. The van der Waals surface area contributed by atoms with Crippen molar-refractivity contribution in [1.29, 1.82) is 0 Å². The fourth-order valence-corrected chi connectivity index (χ4v) is 0.215. The van der Waals surface area contributed by atoms with E-state index in [0.29, 0.717) is 0 Å². The molecule has 0 radical (unpaired) electrons. The third-order valence-electron chi connectivity index (χ3n) is 0.533. The SMILES string of the molecule is [N-]=[N+]=NC(CO)N=[N+]=[N-]. The summed E-state index contributed by atoms with van der Waals surface area (Å²) < 4.78 is 0. The van der Waals surface area contributed by atoms with Gasteiger partial charge in [-0.3, -0.25) is 0 Å². The van der Waals surface area contributed by atoms with Gasteiger partial charge in [-0.05, 0) is 11.1 Å². The summed E-state index contributed by atoms with van der Waals surface area (Å²) in [5, 5.41) is 14.1. The van der Waals surface area contributed by atoms with Gasteiger partial charge < -0.3 is 5.11 Å². The summed E-state index contributed by atoms with van der Waals surface area (Å²) >= 11 is 0. The van der Waals surface area contributed by atoms with E-state index in [2.05, 4.69) is 20.1 Å². The quantitative estimate of drug-likeness (QED) is 0.339. The van der Waals surface area contributed by atoms with Gasteiger partial charge in [-0.2, -0.15) is 0 Å². The normalized spacial score (nSPS) is 10.8. The summed E-state index contributed by atoms with van der Waals surface area (Å²) in [6, 6.07) is 0. The Morgan fingerprint density at radius 2 is 1.78 bits per heavy atom. The van der Waals surface area contributed by atoms with Gasteiger partial charge in [0.2, 0.25) is 0 Å². The van der Waals surface area contributed by atoms with Gasteiger partial charge in [0.1, 0.15) is 6.17 Å². The maximum atomic E-state index is 8.26. The molecule has 0 unspecified atom stereocenters. The van der Waals surface area contributed by atoms with Crippen molar-refractivity contribution in [1.82, 2.24) is 0 Å². The molecule has 0 aliphatic carbocycles. The first kappa shape index (κ1) is 7.58. The predicted octanol–water partition coefficient (Wildman–Crippen LogP) is 0.925. The molecule has 0 bridgehead atoms. The molecule has 0 aromatic carbocycles. The fourth-order valence-electron chi connectivity index (χ4n) is 0.215. The van der Waals surface area contributed by atoms with Gasteiger partial charge in [0, 0.05) is 9.82 Å². The Bertz CT molecular complexity index is 146. The minimum absolute atomic E-state index is 0.464. The molecule has 7 heteroatoms. The summed E-state index contributed by atoms with van der Waals surface area (Å²) in [5.41, 5.74) is 15.5. The molecule has 1 N–H and O–H groups in total. The molecule has 0 spiro atoms. The molecule has 0 atom stereocenters. The smallest absolute Gasteiger partial charge is 0.139 e. The molecular weight excluding hydrogens is 124 g/mol. The molecule has 48 valence electrons. The maximum absolute atomic E-state index is 8.26. The lowest BCUT2D eigenvalue weighted by molar-refractivity contribution is 0.268. The lowest BCUT2D eigenvalue weighted by Crippen LogP contribution is -2.02. The van der Waals surface area contributed by atoms with E-state index in [1.165, 1.54) is 0 Å². The van der Waals surface area contributed by atoms with Crippen LogP contribution in [0.2, 0.25) is 0 Å². The van der Waals surface area contributed by atoms with Crippen molar-refractivity contribution in [3.05, 3.63) is 20.9 Å². The van der Waals surface area contributed by atoms with E-state index in [1.807, 2.05) is 0 Å². The highest BCUT2D eigenvalue weighted by molar-refractivity contribution is 4.62. The molecule has 0 amide bonds. The zero-order valence-corrected chi connectivity index (χ0v) is 4.41. The van der Waals surface area contributed by atoms with Crippen LogP contribution in [0.25, 0.3) is 20.9 Å². The average molecular weight is 128 g/mol. The van der Waals surface area contributed by atoms with E-state index >= 15 is 0 Å². The summed E-state index contributed by atoms with van der Waals surface area (Å²) in [6.07, 6.45) is -1.01. The van der Waals surface area contributed by atoms with Crippen molar-refractivity contribution >= 4 is 0 Å². The standard InChI is InChI=1S/C2H4N6O/c3-7-5-2(1-9)6-8-4/h2,9H,1H2. The number of rotatable bonds is 3. The summed E-state index contributed by atoms with van der Waals surface area (Å²) in [4.78, 5) is 4.65. The second kappa shape index (κ2) is 4.73. The van der Waals surface area contributed by atoms with Crippen LogP contribution in [0.15, 0.2) is 10.2 Å². The Balaban J connectivity index is 3.97. The number of nitrogens with zero attached hydrogens (tertiary/aromatic N) is 6. The monoisotopic (exact) mass is 128 g/mol. The Kier molecular flexibility index (Phi) is 3.99. The lowest BCUT2D eigenvalue weighted by Gasteiger charge is -1.92. The van der Waals surface area contributed by atoms with Crippen LogP contribution in [0.5, 0.6) is 0 Å². The van der Waals surface area contributed by atoms with Gasteiger partial charge >= 0.3 is 0 Å². The zero-order valence-electron chi connectivity index (χ0n) is 4.41. The highest BCUT2D eigenvalue weighted by atomic mass is 16.3. The Morgan fingerprint density at radius 1 is 1.33 bits per heavy atom. The third-order valence-corrected chi connectivity index (χ3v) is 0.533. The second-order valence-electron chi connectivity index (χ2n) is 1.07. The topological polar surface area (TPSA) is 118 Å². The molecule has 0 saturated carbocycles. The minimum atomic E-state index is -1.01. The van der Waals surface area contributed by atoms with Crippen molar-refractivity contribution in [3.63, 3.8) is 0 Å². The van der Waals surface area contributed by atoms with Crippen LogP contribution in [0.4, 0.5) is 0 Å². The fraction of sp³-hybridized carbons (Fsp3) is 1.00. The first-order valence-electron chi connectivity index (χ1n) is 2.04. The van der Waals surface area contributed by atoms with Crippen molar-refractivity contribution in [2.45, 2.75) is 6.17 Å². The van der Waals surface area contributed by atoms with Crippen LogP contribution in [-0.4, -0.2) is 17.9 Å². The molecule has 9 heavy (non-hydrogen) atoms. The van der Waals surface area contributed by atoms with E-state index in [9.17, 15) is 0 Å². The van der Waals surface area contributed by atoms with E-state index in [4.69, 9.17) is 16.2 Å². The first-order valence-corrected chi connectivity index (χ1v) is 2.04. The Labute approximate surface area is 50.2 Å². The zero-order chi connectivity index (χ0) is 7.11. The van der Waals surface area contributed by atoms with Gasteiger partial charge in [-0.25, -0.2) is 0 Å². The molecule has 7 nitrogen and oxygen atoms in total. The van der Waals surface area contributed by atoms with Gasteiger partial charge in [-0.1, -0.05) is 10.2 Å². The van der Waals surface area contributed by atoms with Crippen LogP contribution >= 0.6 is 0 Å². The van der Waals surface area contributed by atoms with Crippen molar-refractivity contribution in [2.24, 2.45) is 10.2 Å². The summed E-state index contributed by atoms with van der Waals surface area (Å²) in [7, 11) is 0. The first-order chi connectivity index (χ1) is 4.35. The molecule has 0 aliphatic rings. The van der Waals surface area contributed by atoms with Gasteiger partial charge in [0.15, 0.2) is 0 Å². The highest BCUT2D eigenvalue weighted by Gasteiger charge is 1.96. The molecule has 0 fully saturated rings. The van der Waals surface area contributed by atoms with Crippen LogP contribution < -0.4 is 0 Å². The Hall–Kier alpha value is -1.42. The molecule has 0 saturated heterocycles. The van der Waals surface area contributed by atoms with Gasteiger partial charge in [0.05, 0.1) is 6.61 Å². The van der Waals surface area contributed by atoms with E-state index in [0.717, 1.165) is 0 Å². The van der Waals surface area contributed by atoms with Crippen LogP contribution in [0.1, 0.15) is 0 Å². The summed E-state index contributed by atoms with van der Waals surface area (Å²) in [5.74, 6) is 0. The van der Waals surface area contributed by atoms with Crippen LogP contribution in [-0.2, 0) is 0 Å². The largest absolute Gasteiger partial charge is 0.396 e. The summed E-state index contributed by atoms with van der Waals surface area (Å²) in [6.45, 7) is -0.464.